The van der Waals surface area contributed by atoms with Gasteiger partial charge in [0.1, 0.15) is 6.04 Å². The molecule has 148 valence electrons. The van der Waals surface area contributed by atoms with Gasteiger partial charge in [0, 0.05) is 12.2 Å². The Morgan fingerprint density at radius 1 is 1.04 bits per heavy atom. The first-order valence-corrected chi connectivity index (χ1v) is 10.4. The van der Waals surface area contributed by atoms with Crippen molar-refractivity contribution < 1.29 is 22.7 Å². The minimum atomic E-state index is -3.76. The number of carbonyl (C=O) groups excluding carboxylic acids is 2. The third-order valence-electron chi connectivity index (χ3n) is 4.68. The fraction of sp³-hybridized carbons (Fsp3) is 0.300. The summed E-state index contributed by atoms with van der Waals surface area (Å²) in [6.07, 6.45) is 1.95. The molecule has 2 aromatic rings. The lowest BCUT2D eigenvalue weighted by atomic mass is 10.0. The van der Waals surface area contributed by atoms with Crippen LogP contribution < -0.4 is 5.32 Å². The molecule has 1 aliphatic rings. The van der Waals surface area contributed by atoms with E-state index < -0.39 is 22.0 Å². The van der Waals surface area contributed by atoms with Crippen LogP contribution in [-0.4, -0.2) is 44.3 Å². The summed E-state index contributed by atoms with van der Waals surface area (Å²) in [6.45, 7) is 0.302. The summed E-state index contributed by atoms with van der Waals surface area (Å²) in [5.41, 5.74) is 0.853. The van der Waals surface area contributed by atoms with Crippen LogP contribution in [0.15, 0.2) is 59.5 Å². The Kier molecular flexibility index (Phi) is 6.11. The Balaban J connectivity index is 1.78. The highest BCUT2D eigenvalue weighted by atomic mass is 32.2. The smallest absolute Gasteiger partial charge is 0.337 e. The number of carbonyl (C=O) groups is 2. The van der Waals surface area contributed by atoms with Gasteiger partial charge >= 0.3 is 5.97 Å². The van der Waals surface area contributed by atoms with Gasteiger partial charge in [-0.15, -0.1) is 0 Å². The number of ether oxygens (including phenoxy) is 1. The Bertz CT molecular complexity index is 942. The number of nitrogens with one attached hydrogen (secondary N) is 1. The molecule has 0 spiro atoms. The molecular weight excluding hydrogens is 380 g/mol. The summed E-state index contributed by atoms with van der Waals surface area (Å²) in [7, 11) is -2.46. The minimum Gasteiger partial charge on any atom is -0.465 e. The second-order valence-electron chi connectivity index (χ2n) is 6.50. The monoisotopic (exact) mass is 402 g/mol. The molecule has 2 aromatic carbocycles. The topological polar surface area (TPSA) is 92.8 Å². The molecular formula is C20H22N2O5S. The third kappa shape index (κ3) is 4.23. The van der Waals surface area contributed by atoms with E-state index in [1.54, 1.807) is 42.5 Å². The first-order chi connectivity index (χ1) is 13.4. The van der Waals surface area contributed by atoms with Crippen LogP contribution in [0.4, 0.5) is 5.69 Å². The van der Waals surface area contributed by atoms with E-state index in [2.05, 4.69) is 10.1 Å². The molecule has 0 bridgehead atoms. The van der Waals surface area contributed by atoms with Crippen LogP contribution in [0, 0.1) is 0 Å². The van der Waals surface area contributed by atoms with E-state index >= 15 is 0 Å². The van der Waals surface area contributed by atoms with Crippen LogP contribution in [0.25, 0.3) is 0 Å². The first-order valence-electron chi connectivity index (χ1n) is 8.99. The number of rotatable bonds is 5. The van der Waals surface area contributed by atoms with Crippen molar-refractivity contribution in [2.45, 2.75) is 30.2 Å². The van der Waals surface area contributed by atoms with Crippen molar-refractivity contribution >= 4 is 27.6 Å². The number of piperidine rings is 1. The molecule has 28 heavy (non-hydrogen) atoms. The van der Waals surface area contributed by atoms with E-state index in [0.717, 1.165) is 6.42 Å². The van der Waals surface area contributed by atoms with Gasteiger partial charge in [-0.2, -0.15) is 4.31 Å². The second-order valence-corrected chi connectivity index (χ2v) is 8.39. The lowest BCUT2D eigenvalue weighted by Crippen LogP contribution is -2.49. The fourth-order valence-corrected chi connectivity index (χ4v) is 4.89. The van der Waals surface area contributed by atoms with Crippen molar-refractivity contribution in [2.75, 3.05) is 19.0 Å². The molecule has 0 unspecified atom stereocenters. The molecule has 1 N–H and O–H groups in total. The largest absolute Gasteiger partial charge is 0.465 e. The molecule has 8 heteroatoms. The lowest BCUT2D eigenvalue weighted by Gasteiger charge is -2.33. The molecule has 0 saturated carbocycles. The quantitative estimate of drug-likeness (QED) is 0.776. The van der Waals surface area contributed by atoms with Gasteiger partial charge < -0.3 is 10.1 Å². The maximum Gasteiger partial charge on any atom is 0.337 e. The van der Waals surface area contributed by atoms with E-state index in [1.165, 1.54) is 23.5 Å². The van der Waals surface area contributed by atoms with Crippen LogP contribution in [0.2, 0.25) is 0 Å². The van der Waals surface area contributed by atoms with E-state index in [1.807, 2.05) is 0 Å². The second kappa shape index (κ2) is 8.53. The van der Waals surface area contributed by atoms with Crippen LogP contribution >= 0.6 is 0 Å². The SMILES string of the molecule is COC(=O)c1ccc(NC(=O)[C@@H]2CCCCN2S(=O)(=O)c2ccccc2)cc1. The Hall–Kier alpha value is -2.71. The first kappa shape index (κ1) is 20.0. The van der Waals surface area contributed by atoms with E-state index in [9.17, 15) is 18.0 Å². The zero-order chi connectivity index (χ0) is 20.1. The van der Waals surface area contributed by atoms with Crippen LogP contribution in [0.3, 0.4) is 0 Å². The lowest BCUT2D eigenvalue weighted by molar-refractivity contribution is -0.120. The standard InChI is InChI=1S/C20H22N2O5S/c1-27-20(24)15-10-12-16(13-11-15)21-19(23)18-9-5-6-14-22(18)28(25,26)17-7-3-2-4-8-17/h2-4,7-8,10-13,18H,5-6,9,14H2,1H3,(H,21,23)/t18-/m0/s1. The van der Waals surface area contributed by atoms with Crippen molar-refractivity contribution in [2.24, 2.45) is 0 Å². The molecule has 1 heterocycles. The van der Waals surface area contributed by atoms with Crippen molar-refractivity contribution in [1.82, 2.24) is 4.31 Å². The Labute approximate surface area is 164 Å². The van der Waals surface area contributed by atoms with Gasteiger partial charge in [0.15, 0.2) is 0 Å². The molecule has 1 atom stereocenters. The summed E-state index contributed by atoms with van der Waals surface area (Å²) in [4.78, 5) is 24.5. The molecule has 0 radical (unpaired) electrons. The predicted molar refractivity (Wildman–Crippen MR) is 104 cm³/mol. The van der Waals surface area contributed by atoms with Crippen molar-refractivity contribution in [3.63, 3.8) is 0 Å². The average Bonchev–Trinajstić information content (AvgIpc) is 2.74. The predicted octanol–water partition coefficient (Wildman–Crippen LogP) is 2.66. The Morgan fingerprint density at radius 3 is 2.36 bits per heavy atom. The normalized spacial score (nSPS) is 17.7. The maximum atomic E-state index is 13.0. The summed E-state index contributed by atoms with van der Waals surface area (Å²) in [6, 6.07) is 13.6. The molecule has 1 fully saturated rings. The summed E-state index contributed by atoms with van der Waals surface area (Å²) in [5, 5.41) is 2.75. The average molecular weight is 402 g/mol. The zero-order valence-electron chi connectivity index (χ0n) is 15.5. The number of hydrogen-bond acceptors (Lipinski definition) is 5. The molecule has 1 amide bonds. The zero-order valence-corrected chi connectivity index (χ0v) is 16.3. The number of esters is 1. The van der Waals surface area contributed by atoms with Gasteiger partial charge in [0.2, 0.25) is 15.9 Å². The van der Waals surface area contributed by atoms with Crippen LogP contribution in [-0.2, 0) is 19.6 Å². The van der Waals surface area contributed by atoms with Crippen molar-refractivity contribution in [1.29, 1.82) is 0 Å². The number of sulfonamides is 1. The molecule has 7 nitrogen and oxygen atoms in total. The maximum absolute atomic E-state index is 13.0. The highest BCUT2D eigenvalue weighted by Gasteiger charge is 2.37. The van der Waals surface area contributed by atoms with Gasteiger partial charge in [-0.1, -0.05) is 24.6 Å². The van der Waals surface area contributed by atoms with Gasteiger partial charge in [-0.25, -0.2) is 13.2 Å². The molecule has 1 aliphatic heterocycles. The molecule has 3 rings (SSSR count). The number of benzene rings is 2. The number of nitrogens with zero attached hydrogens (tertiary/aromatic N) is 1. The fourth-order valence-electron chi connectivity index (χ4n) is 3.22. The van der Waals surface area contributed by atoms with Crippen LogP contribution in [0.1, 0.15) is 29.6 Å². The van der Waals surface area contributed by atoms with E-state index in [4.69, 9.17) is 0 Å². The minimum absolute atomic E-state index is 0.178. The summed E-state index contributed by atoms with van der Waals surface area (Å²) < 4.78 is 31.9. The number of hydrogen-bond donors (Lipinski definition) is 1. The summed E-state index contributed by atoms with van der Waals surface area (Å²) in [5.74, 6) is -0.852. The summed E-state index contributed by atoms with van der Waals surface area (Å²) >= 11 is 0. The van der Waals surface area contributed by atoms with E-state index in [-0.39, 0.29) is 10.8 Å². The van der Waals surface area contributed by atoms with Crippen molar-refractivity contribution in [3.05, 3.63) is 60.2 Å². The number of anilines is 1. The highest BCUT2D eigenvalue weighted by molar-refractivity contribution is 7.89. The van der Waals surface area contributed by atoms with Gasteiger partial charge in [0.05, 0.1) is 17.6 Å². The molecule has 1 saturated heterocycles. The van der Waals surface area contributed by atoms with Crippen molar-refractivity contribution in [3.8, 4) is 0 Å². The number of methoxy groups -OCH3 is 1. The third-order valence-corrected chi connectivity index (χ3v) is 6.60. The Morgan fingerprint density at radius 2 is 1.71 bits per heavy atom. The van der Waals surface area contributed by atoms with Gasteiger partial charge in [0.25, 0.3) is 0 Å². The van der Waals surface area contributed by atoms with E-state index in [0.29, 0.717) is 30.6 Å². The van der Waals surface area contributed by atoms with Crippen LogP contribution in [0.5, 0.6) is 0 Å². The molecule has 0 aromatic heterocycles. The number of amides is 1. The van der Waals surface area contributed by atoms with Gasteiger partial charge in [-0.3, -0.25) is 4.79 Å². The molecule has 0 aliphatic carbocycles. The van der Waals surface area contributed by atoms with Gasteiger partial charge in [-0.05, 0) is 49.2 Å². The highest BCUT2D eigenvalue weighted by Crippen LogP contribution is 2.26.